The number of aryl methyl sites for hydroxylation is 1. The third-order valence-corrected chi connectivity index (χ3v) is 12.2. The molecule has 0 aliphatic carbocycles. The third kappa shape index (κ3) is 40.4. The fourth-order valence-corrected chi connectivity index (χ4v) is 8.47. The lowest BCUT2D eigenvalue weighted by atomic mass is 10.0. The molecule has 1 aromatic rings. The first-order valence-electron chi connectivity index (χ1n) is 25.0. The molecule has 0 saturated heterocycles. The van der Waals surface area contributed by atoms with Gasteiger partial charge in [0, 0.05) is 0 Å². The van der Waals surface area contributed by atoms with Crippen molar-refractivity contribution in [3.8, 4) is 0 Å². The highest BCUT2D eigenvalue weighted by Crippen LogP contribution is 2.18. The van der Waals surface area contributed by atoms with Crippen molar-refractivity contribution >= 4 is 0 Å². The van der Waals surface area contributed by atoms with Crippen LogP contribution in [0, 0.1) is 0 Å². The van der Waals surface area contributed by atoms with Gasteiger partial charge in [0.05, 0.1) is 0 Å². The van der Waals surface area contributed by atoms with Crippen LogP contribution in [0.3, 0.4) is 0 Å². The smallest absolute Gasteiger partial charge is 0.0279 e. The van der Waals surface area contributed by atoms with Crippen LogP contribution in [0.4, 0.5) is 0 Å². The van der Waals surface area contributed by atoms with Crippen LogP contribution in [0.25, 0.3) is 0 Å². The summed E-state index contributed by atoms with van der Waals surface area (Å²) < 4.78 is 0. The zero-order valence-corrected chi connectivity index (χ0v) is 36.2. The van der Waals surface area contributed by atoms with Gasteiger partial charge in [-0.1, -0.05) is 313 Å². The summed E-state index contributed by atoms with van der Waals surface area (Å²) in [6.07, 6.45) is 66.3. The average Bonchev–Trinajstić information content (AvgIpc) is 3.17. The van der Waals surface area contributed by atoms with Gasteiger partial charge in [-0.25, -0.2) is 0 Å². The van der Waals surface area contributed by atoms with E-state index in [4.69, 9.17) is 0 Å². The summed E-state index contributed by atoms with van der Waals surface area (Å²) in [5.74, 6) is 0. The van der Waals surface area contributed by atoms with Gasteiger partial charge in [0.2, 0.25) is 0 Å². The van der Waals surface area contributed by atoms with Gasteiger partial charge in [-0.05, 0) is 18.4 Å². The standard InChI is InChI=1S/C52H98/c1-2-3-4-5-6-7-8-9-10-11-12-13-14-15-16-17-18-19-20-21-22-23-24-25-26-27-28-29-30-31-32-33-34-35-36-37-38-39-40-41-42-43-44-46-49-52-50-47-45-48-51-52/h45,47-48,50-51H,2-44,46,49H2,1H3. The van der Waals surface area contributed by atoms with E-state index in [2.05, 4.69) is 37.3 Å². The monoisotopic (exact) mass is 723 g/mol. The topological polar surface area (TPSA) is 0 Å². The van der Waals surface area contributed by atoms with E-state index >= 15 is 0 Å². The fraction of sp³-hybridized carbons (Fsp3) is 0.885. The van der Waals surface area contributed by atoms with Crippen LogP contribution in [0.2, 0.25) is 0 Å². The molecule has 0 saturated carbocycles. The molecule has 0 aromatic heterocycles. The predicted molar refractivity (Wildman–Crippen MR) is 239 cm³/mol. The molecular weight excluding hydrogens is 625 g/mol. The Morgan fingerprint density at radius 1 is 0.212 bits per heavy atom. The van der Waals surface area contributed by atoms with Gasteiger partial charge in [-0.2, -0.15) is 0 Å². The molecule has 0 amide bonds. The minimum atomic E-state index is 1.26. The summed E-state index contributed by atoms with van der Waals surface area (Å²) in [6.45, 7) is 2.31. The quantitative estimate of drug-likeness (QED) is 0.0588. The van der Waals surface area contributed by atoms with Crippen molar-refractivity contribution in [3.05, 3.63) is 35.9 Å². The van der Waals surface area contributed by atoms with Crippen molar-refractivity contribution in [3.63, 3.8) is 0 Å². The van der Waals surface area contributed by atoms with Gasteiger partial charge < -0.3 is 0 Å². The highest BCUT2D eigenvalue weighted by molar-refractivity contribution is 5.14. The Hall–Kier alpha value is -0.780. The molecule has 0 heterocycles. The largest absolute Gasteiger partial charge is 0.0654 e. The van der Waals surface area contributed by atoms with Crippen LogP contribution >= 0.6 is 0 Å². The van der Waals surface area contributed by atoms with E-state index in [1.807, 2.05) is 0 Å². The second-order valence-corrected chi connectivity index (χ2v) is 17.4. The lowest BCUT2D eigenvalue weighted by molar-refractivity contribution is 0.508. The molecule has 0 heteroatoms. The SMILES string of the molecule is CCCCCCCCCCCCCCCCCCCCCCCCCCCCCCCCCCCCCCCCCCCCCCc1ccccc1. The van der Waals surface area contributed by atoms with Crippen LogP contribution in [-0.4, -0.2) is 0 Å². The molecule has 0 unspecified atom stereocenters. The maximum absolute atomic E-state index is 2.31. The van der Waals surface area contributed by atoms with Crippen molar-refractivity contribution in [2.75, 3.05) is 0 Å². The molecule has 0 radical (unpaired) electrons. The van der Waals surface area contributed by atoms with Crippen molar-refractivity contribution in [2.45, 2.75) is 296 Å². The molecular formula is C52H98. The molecule has 0 spiro atoms. The Kier molecular flexibility index (Phi) is 42.2. The van der Waals surface area contributed by atoms with Crippen molar-refractivity contribution < 1.29 is 0 Å². The summed E-state index contributed by atoms with van der Waals surface area (Å²) in [5.41, 5.74) is 1.51. The molecule has 0 atom stereocenters. The summed E-state index contributed by atoms with van der Waals surface area (Å²) in [7, 11) is 0. The van der Waals surface area contributed by atoms with Crippen LogP contribution in [-0.2, 0) is 6.42 Å². The summed E-state index contributed by atoms with van der Waals surface area (Å²) in [6, 6.07) is 11.0. The Bertz CT molecular complexity index is 736. The molecule has 1 rings (SSSR count). The zero-order chi connectivity index (χ0) is 36.9. The van der Waals surface area contributed by atoms with Gasteiger partial charge in [0.15, 0.2) is 0 Å². The Morgan fingerprint density at radius 2 is 0.385 bits per heavy atom. The molecule has 0 nitrogen and oxygen atoms in total. The Labute approximate surface area is 330 Å². The Morgan fingerprint density at radius 3 is 0.577 bits per heavy atom. The van der Waals surface area contributed by atoms with Gasteiger partial charge in [-0.15, -0.1) is 0 Å². The number of hydrogen-bond donors (Lipinski definition) is 0. The summed E-state index contributed by atoms with van der Waals surface area (Å²) in [4.78, 5) is 0. The normalized spacial score (nSPS) is 11.6. The molecule has 1 aromatic carbocycles. The maximum atomic E-state index is 2.31. The maximum Gasteiger partial charge on any atom is -0.0279 e. The molecule has 0 bridgehead atoms. The second kappa shape index (κ2) is 44.6. The van der Waals surface area contributed by atoms with E-state index in [1.165, 1.54) is 295 Å². The van der Waals surface area contributed by atoms with E-state index in [9.17, 15) is 0 Å². The van der Waals surface area contributed by atoms with Crippen molar-refractivity contribution in [2.24, 2.45) is 0 Å². The molecule has 0 fully saturated rings. The third-order valence-electron chi connectivity index (χ3n) is 12.2. The highest BCUT2D eigenvalue weighted by Gasteiger charge is 1.99. The first-order chi connectivity index (χ1) is 25.9. The first-order valence-corrected chi connectivity index (χ1v) is 25.0. The van der Waals surface area contributed by atoms with E-state index in [1.54, 1.807) is 0 Å². The molecule has 0 aliphatic rings. The van der Waals surface area contributed by atoms with E-state index in [0.29, 0.717) is 0 Å². The van der Waals surface area contributed by atoms with Gasteiger partial charge in [-0.3, -0.25) is 0 Å². The molecule has 306 valence electrons. The minimum absolute atomic E-state index is 1.26. The zero-order valence-electron chi connectivity index (χ0n) is 36.2. The lowest BCUT2D eigenvalue weighted by Crippen LogP contribution is -1.86. The van der Waals surface area contributed by atoms with Crippen LogP contribution in [0.5, 0.6) is 0 Å². The van der Waals surface area contributed by atoms with Crippen molar-refractivity contribution in [1.82, 2.24) is 0 Å². The average molecular weight is 723 g/mol. The molecule has 52 heavy (non-hydrogen) atoms. The van der Waals surface area contributed by atoms with E-state index in [-0.39, 0.29) is 0 Å². The highest BCUT2D eigenvalue weighted by atomic mass is 14.1. The molecule has 0 N–H and O–H groups in total. The number of unbranched alkanes of at least 4 members (excludes halogenated alkanes) is 43. The first kappa shape index (κ1) is 49.2. The molecule has 0 aliphatic heterocycles. The van der Waals surface area contributed by atoms with Crippen LogP contribution in [0.1, 0.15) is 295 Å². The Balaban J connectivity index is 1.60. The van der Waals surface area contributed by atoms with Gasteiger partial charge in [0.1, 0.15) is 0 Å². The minimum Gasteiger partial charge on any atom is -0.0654 e. The lowest BCUT2D eigenvalue weighted by Gasteiger charge is -2.05. The van der Waals surface area contributed by atoms with Crippen molar-refractivity contribution in [1.29, 1.82) is 0 Å². The predicted octanol–water partition coefficient (Wildman–Crippen LogP) is 19.4. The van der Waals surface area contributed by atoms with Gasteiger partial charge in [0.25, 0.3) is 0 Å². The van der Waals surface area contributed by atoms with Crippen LogP contribution in [0.15, 0.2) is 30.3 Å². The second-order valence-electron chi connectivity index (χ2n) is 17.4. The summed E-state index contributed by atoms with van der Waals surface area (Å²) >= 11 is 0. The summed E-state index contributed by atoms with van der Waals surface area (Å²) in [5, 5.41) is 0. The number of hydrogen-bond acceptors (Lipinski definition) is 0. The number of rotatable bonds is 45. The van der Waals surface area contributed by atoms with E-state index in [0.717, 1.165) is 0 Å². The van der Waals surface area contributed by atoms with E-state index < -0.39 is 0 Å². The van der Waals surface area contributed by atoms with Crippen LogP contribution < -0.4 is 0 Å². The fourth-order valence-electron chi connectivity index (χ4n) is 8.47. The van der Waals surface area contributed by atoms with Gasteiger partial charge >= 0.3 is 0 Å². The number of benzene rings is 1.